The number of carbonyl (C=O) groups is 2. The Bertz CT molecular complexity index is 475. The Labute approximate surface area is 118 Å². The first-order valence-corrected chi connectivity index (χ1v) is 6.93. The highest BCUT2D eigenvalue weighted by atomic mass is 16.4. The summed E-state index contributed by atoms with van der Waals surface area (Å²) in [5.74, 6) is -1.66. The standard InChI is InChI=1S/C15H20N2O3/c16-13(10-6-2-1-3-7-10)14(18)17-12-9-5-4-8-11(12)15(19)20/h1-3,6-7,11-13H,4-5,8-9,16H2,(H,17,18)(H,19,20)/t11?,12?,13-/m1/s1. The van der Waals surface area contributed by atoms with E-state index >= 15 is 0 Å². The van der Waals surface area contributed by atoms with E-state index in [9.17, 15) is 14.7 Å². The van der Waals surface area contributed by atoms with Crippen molar-refractivity contribution in [2.45, 2.75) is 37.8 Å². The average molecular weight is 276 g/mol. The maximum atomic E-state index is 12.2. The number of aliphatic carboxylic acids is 1. The zero-order valence-electron chi connectivity index (χ0n) is 11.3. The third-order valence-electron chi connectivity index (χ3n) is 3.85. The number of carboxylic acid groups (broad SMARTS) is 1. The van der Waals surface area contributed by atoms with Gasteiger partial charge in [-0.1, -0.05) is 43.2 Å². The van der Waals surface area contributed by atoms with Crippen LogP contribution < -0.4 is 11.1 Å². The predicted octanol–water partition coefficient (Wildman–Crippen LogP) is 1.45. The minimum atomic E-state index is -0.844. The number of benzene rings is 1. The van der Waals surface area contributed by atoms with Crippen LogP contribution in [0.4, 0.5) is 0 Å². The van der Waals surface area contributed by atoms with E-state index in [-0.39, 0.29) is 11.9 Å². The van der Waals surface area contributed by atoms with Gasteiger partial charge in [0.25, 0.3) is 0 Å². The Hall–Kier alpha value is -1.88. The number of carbonyl (C=O) groups excluding carboxylic acids is 1. The summed E-state index contributed by atoms with van der Waals surface area (Å²) in [6, 6.07) is 8.01. The molecule has 1 aromatic carbocycles. The Morgan fingerprint density at radius 3 is 2.50 bits per heavy atom. The molecule has 1 fully saturated rings. The maximum Gasteiger partial charge on any atom is 0.308 e. The number of carboxylic acids is 1. The molecule has 5 nitrogen and oxygen atoms in total. The molecule has 1 saturated carbocycles. The van der Waals surface area contributed by atoms with E-state index < -0.39 is 17.9 Å². The van der Waals surface area contributed by atoms with Gasteiger partial charge in [-0.25, -0.2) is 0 Å². The average Bonchev–Trinajstić information content (AvgIpc) is 2.47. The van der Waals surface area contributed by atoms with Crippen LogP contribution in [0.3, 0.4) is 0 Å². The summed E-state index contributed by atoms with van der Waals surface area (Å²) in [6.07, 6.45) is 3.15. The van der Waals surface area contributed by atoms with E-state index in [1.165, 1.54) is 0 Å². The molecular formula is C15H20N2O3. The van der Waals surface area contributed by atoms with Gasteiger partial charge < -0.3 is 16.2 Å². The van der Waals surface area contributed by atoms with Crippen molar-refractivity contribution in [1.82, 2.24) is 5.32 Å². The summed E-state index contributed by atoms with van der Waals surface area (Å²) >= 11 is 0. The summed E-state index contributed by atoms with van der Waals surface area (Å²) in [5.41, 5.74) is 6.65. The Balaban J connectivity index is 2.01. The van der Waals surface area contributed by atoms with E-state index in [0.29, 0.717) is 12.8 Å². The normalized spacial score (nSPS) is 23.9. The van der Waals surface area contributed by atoms with Crippen LogP contribution in [0.5, 0.6) is 0 Å². The van der Waals surface area contributed by atoms with Crippen LogP contribution in [-0.4, -0.2) is 23.0 Å². The molecule has 0 bridgehead atoms. The largest absolute Gasteiger partial charge is 0.481 e. The molecule has 3 atom stereocenters. The molecule has 1 aliphatic rings. The van der Waals surface area contributed by atoms with E-state index in [1.54, 1.807) is 12.1 Å². The number of amides is 1. The van der Waals surface area contributed by atoms with Crippen molar-refractivity contribution in [1.29, 1.82) is 0 Å². The third kappa shape index (κ3) is 3.36. The van der Waals surface area contributed by atoms with E-state index in [0.717, 1.165) is 18.4 Å². The maximum absolute atomic E-state index is 12.2. The van der Waals surface area contributed by atoms with Crippen molar-refractivity contribution in [3.63, 3.8) is 0 Å². The fraction of sp³-hybridized carbons (Fsp3) is 0.467. The molecule has 1 amide bonds. The summed E-state index contributed by atoms with van der Waals surface area (Å²) in [5, 5.41) is 12.0. The Kier molecular flexibility index (Phi) is 4.74. The summed E-state index contributed by atoms with van der Waals surface area (Å²) in [4.78, 5) is 23.4. The van der Waals surface area contributed by atoms with Gasteiger partial charge in [-0.15, -0.1) is 0 Å². The van der Waals surface area contributed by atoms with Gasteiger partial charge in [0.05, 0.1) is 5.92 Å². The smallest absolute Gasteiger partial charge is 0.308 e. The van der Waals surface area contributed by atoms with Crippen molar-refractivity contribution in [2.24, 2.45) is 11.7 Å². The van der Waals surface area contributed by atoms with Crippen LogP contribution in [0.2, 0.25) is 0 Å². The number of hydrogen-bond donors (Lipinski definition) is 3. The minimum Gasteiger partial charge on any atom is -0.481 e. The molecule has 2 unspecified atom stereocenters. The van der Waals surface area contributed by atoms with Gasteiger partial charge >= 0.3 is 5.97 Å². The zero-order valence-corrected chi connectivity index (χ0v) is 11.3. The molecule has 2 rings (SSSR count). The van der Waals surface area contributed by atoms with Gasteiger partial charge in [-0.05, 0) is 18.4 Å². The highest BCUT2D eigenvalue weighted by molar-refractivity contribution is 5.84. The highest BCUT2D eigenvalue weighted by Gasteiger charge is 2.32. The molecule has 0 aliphatic heterocycles. The zero-order chi connectivity index (χ0) is 14.5. The Morgan fingerprint density at radius 1 is 1.20 bits per heavy atom. The fourth-order valence-corrected chi connectivity index (χ4v) is 2.68. The van der Waals surface area contributed by atoms with Crippen LogP contribution in [0.1, 0.15) is 37.3 Å². The number of hydrogen-bond acceptors (Lipinski definition) is 3. The van der Waals surface area contributed by atoms with Crippen molar-refractivity contribution in [3.05, 3.63) is 35.9 Å². The molecular weight excluding hydrogens is 256 g/mol. The van der Waals surface area contributed by atoms with E-state index in [1.807, 2.05) is 18.2 Å². The van der Waals surface area contributed by atoms with Crippen LogP contribution in [0.15, 0.2) is 30.3 Å². The van der Waals surface area contributed by atoms with Gasteiger partial charge in [0, 0.05) is 6.04 Å². The number of nitrogens with one attached hydrogen (secondary N) is 1. The lowest BCUT2D eigenvalue weighted by molar-refractivity contribution is -0.144. The van der Waals surface area contributed by atoms with Crippen LogP contribution >= 0.6 is 0 Å². The molecule has 20 heavy (non-hydrogen) atoms. The van der Waals surface area contributed by atoms with Gasteiger partial charge in [0.1, 0.15) is 6.04 Å². The van der Waals surface area contributed by atoms with Crippen LogP contribution in [-0.2, 0) is 9.59 Å². The van der Waals surface area contributed by atoms with Crippen molar-refractivity contribution >= 4 is 11.9 Å². The summed E-state index contributed by atoms with van der Waals surface area (Å²) < 4.78 is 0. The first kappa shape index (κ1) is 14.5. The predicted molar refractivity (Wildman–Crippen MR) is 74.9 cm³/mol. The first-order valence-electron chi connectivity index (χ1n) is 6.93. The second-order valence-electron chi connectivity index (χ2n) is 5.23. The van der Waals surface area contributed by atoms with E-state index in [2.05, 4.69) is 5.32 Å². The van der Waals surface area contributed by atoms with Crippen molar-refractivity contribution in [3.8, 4) is 0 Å². The highest BCUT2D eigenvalue weighted by Crippen LogP contribution is 2.25. The minimum absolute atomic E-state index is 0.311. The molecule has 0 aromatic heterocycles. The SMILES string of the molecule is N[C@@H](C(=O)NC1CCCCC1C(=O)O)c1ccccc1. The summed E-state index contributed by atoms with van der Waals surface area (Å²) in [6.45, 7) is 0. The van der Waals surface area contributed by atoms with Crippen molar-refractivity contribution < 1.29 is 14.7 Å². The molecule has 1 aromatic rings. The van der Waals surface area contributed by atoms with Gasteiger partial charge in [-0.3, -0.25) is 9.59 Å². The second kappa shape index (κ2) is 6.52. The van der Waals surface area contributed by atoms with Gasteiger partial charge in [0.2, 0.25) is 5.91 Å². The first-order chi connectivity index (χ1) is 9.59. The topological polar surface area (TPSA) is 92.4 Å². The molecule has 1 aliphatic carbocycles. The van der Waals surface area contributed by atoms with Crippen LogP contribution in [0.25, 0.3) is 0 Å². The van der Waals surface area contributed by atoms with Gasteiger partial charge in [0.15, 0.2) is 0 Å². The van der Waals surface area contributed by atoms with Gasteiger partial charge in [-0.2, -0.15) is 0 Å². The molecule has 0 heterocycles. The lowest BCUT2D eigenvalue weighted by atomic mass is 9.84. The quantitative estimate of drug-likeness (QED) is 0.776. The number of nitrogens with two attached hydrogens (primary N) is 1. The van der Waals surface area contributed by atoms with Crippen molar-refractivity contribution in [2.75, 3.05) is 0 Å². The molecule has 108 valence electrons. The second-order valence-corrected chi connectivity index (χ2v) is 5.23. The van der Waals surface area contributed by atoms with Crippen LogP contribution in [0, 0.1) is 5.92 Å². The molecule has 0 spiro atoms. The monoisotopic (exact) mass is 276 g/mol. The molecule has 5 heteroatoms. The molecule has 4 N–H and O–H groups in total. The summed E-state index contributed by atoms with van der Waals surface area (Å²) in [7, 11) is 0. The lowest BCUT2D eigenvalue weighted by Gasteiger charge is -2.30. The molecule has 0 radical (unpaired) electrons. The lowest BCUT2D eigenvalue weighted by Crippen LogP contribution is -2.47. The molecule has 0 saturated heterocycles. The number of rotatable bonds is 4. The third-order valence-corrected chi connectivity index (χ3v) is 3.85. The Morgan fingerprint density at radius 2 is 1.85 bits per heavy atom. The van der Waals surface area contributed by atoms with E-state index in [4.69, 9.17) is 5.73 Å². The fourth-order valence-electron chi connectivity index (χ4n) is 2.68.